The molecule has 4 aliphatic carbocycles. The van der Waals surface area contributed by atoms with Crippen LogP contribution in [0.1, 0.15) is 38.5 Å². The maximum Gasteiger partial charge on any atom is 0.470 e. The molecule has 4 nitrogen and oxygen atoms in total. The van der Waals surface area contributed by atoms with E-state index in [1.165, 1.54) is 0 Å². The van der Waals surface area contributed by atoms with Gasteiger partial charge in [-0.15, -0.1) is 0 Å². The van der Waals surface area contributed by atoms with Crippen molar-refractivity contribution in [3.05, 3.63) is 0 Å². The number of esters is 1. The monoisotopic (exact) mass is 326 g/mol. The number of hydrogen-bond donors (Lipinski definition) is 0. The normalized spacial score (nSPS) is 38.5. The highest BCUT2D eigenvalue weighted by molar-refractivity contribution is 7.88. The third kappa shape index (κ3) is 2.55. The summed E-state index contributed by atoms with van der Waals surface area (Å²) in [5, 5.41) is -5.12. The van der Waals surface area contributed by atoms with Gasteiger partial charge in [0.2, 0.25) is 0 Å². The van der Waals surface area contributed by atoms with E-state index >= 15 is 0 Å². The molecule has 0 aromatic heterocycles. The van der Waals surface area contributed by atoms with Crippen LogP contribution in [0.4, 0.5) is 12.7 Å². The number of alkyl halides is 2. The van der Waals surface area contributed by atoms with Crippen molar-refractivity contribution in [1.29, 1.82) is 0 Å². The molecule has 4 fully saturated rings. The van der Waals surface area contributed by atoms with Crippen LogP contribution in [0.3, 0.4) is 0 Å². The predicted molar refractivity (Wildman–Crippen MR) is 66.5 cm³/mol. The first-order chi connectivity index (χ1) is 9.61. The van der Waals surface area contributed by atoms with Gasteiger partial charge in [-0.1, -0.05) is 3.89 Å². The van der Waals surface area contributed by atoms with Crippen molar-refractivity contribution < 1.29 is 30.6 Å². The molecule has 21 heavy (non-hydrogen) atoms. The fourth-order valence-corrected chi connectivity index (χ4v) is 5.13. The van der Waals surface area contributed by atoms with E-state index in [9.17, 15) is 25.9 Å². The Morgan fingerprint density at radius 1 is 1.10 bits per heavy atom. The van der Waals surface area contributed by atoms with E-state index in [0.29, 0.717) is 17.8 Å². The quantitative estimate of drug-likeness (QED) is 0.588. The van der Waals surface area contributed by atoms with Crippen molar-refractivity contribution in [3.63, 3.8) is 0 Å². The molecule has 0 N–H and O–H groups in total. The summed E-state index contributed by atoms with van der Waals surface area (Å²) in [6, 6.07) is 0. The summed E-state index contributed by atoms with van der Waals surface area (Å²) >= 11 is 0. The Morgan fingerprint density at radius 3 is 1.90 bits per heavy atom. The zero-order valence-corrected chi connectivity index (χ0v) is 12.2. The molecule has 0 heterocycles. The summed E-state index contributed by atoms with van der Waals surface area (Å²) in [6.07, 6.45) is 5.88. The van der Waals surface area contributed by atoms with Gasteiger partial charge in [-0.25, -0.2) is 4.79 Å². The van der Waals surface area contributed by atoms with Gasteiger partial charge in [-0.2, -0.15) is 17.2 Å². The van der Waals surface area contributed by atoms with Crippen LogP contribution in [0.25, 0.3) is 0 Å². The van der Waals surface area contributed by atoms with Crippen LogP contribution in [0, 0.1) is 23.2 Å². The van der Waals surface area contributed by atoms with Crippen LogP contribution in [0.2, 0.25) is 0 Å². The van der Waals surface area contributed by atoms with Gasteiger partial charge in [0.15, 0.2) is 0 Å². The minimum Gasteiger partial charge on any atom is -0.460 e. The van der Waals surface area contributed by atoms with Gasteiger partial charge in [0.1, 0.15) is 0 Å². The molecule has 4 saturated carbocycles. The lowest BCUT2D eigenvalue weighted by Crippen LogP contribution is -2.49. The molecule has 0 spiro atoms. The van der Waals surface area contributed by atoms with E-state index < -0.39 is 21.4 Å². The summed E-state index contributed by atoms with van der Waals surface area (Å²) < 4.78 is 63.6. The molecular formula is C13H17F3O4S. The van der Waals surface area contributed by atoms with Crippen molar-refractivity contribution in [1.82, 2.24) is 0 Å². The molecule has 0 amide bonds. The van der Waals surface area contributed by atoms with Gasteiger partial charge in [0.25, 0.3) is 0 Å². The van der Waals surface area contributed by atoms with Crippen LogP contribution in [-0.2, 0) is 19.8 Å². The zero-order valence-electron chi connectivity index (χ0n) is 11.4. The Balaban J connectivity index is 1.67. The summed E-state index contributed by atoms with van der Waals surface area (Å²) in [6.45, 7) is -0.236. The van der Waals surface area contributed by atoms with Crippen molar-refractivity contribution >= 4 is 16.2 Å². The topological polar surface area (TPSA) is 60.4 Å². The van der Waals surface area contributed by atoms with Gasteiger partial charge in [0, 0.05) is 5.41 Å². The highest BCUT2D eigenvalue weighted by Crippen LogP contribution is 2.60. The maximum atomic E-state index is 13.0. The number of rotatable bonds is 4. The summed E-state index contributed by atoms with van der Waals surface area (Å²) in [4.78, 5) is 11.2. The largest absolute Gasteiger partial charge is 0.470 e. The van der Waals surface area contributed by atoms with Crippen LogP contribution < -0.4 is 0 Å². The fourth-order valence-electron chi connectivity index (χ4n) is 4.87. The minimum absolute atomic E-state index is 0.236. The standard InChI is InChI=1S/C13H17F3O4S/c14-13(15,21(16,18)19)11(17)20-7-12-4-8-1-9(5-12)3-10(2-8)6-12/h8-10H,1-7H2. The molecule has 4 aliphatic rings. The van der Waals surface area contributed by atoms with E-state index in [-0.39, 0.29) is 12.0 Å². The highest BCUT2D eigenvalue weighted by Gasteiger charge is 2.57. The third-order valence-electron chi connectivity index (χ3n) is 5.22. The summed E-state index contributed by atoms with van der Waals surface area (Å²) in [5.41, 5.74) is -0.319. The second-order valence-electron chi connectivity index (χ2n) is 6.95. The molecule has 120 valence electrons. The summed E-state index contributed by atoms with van der Waals surface area (Å²) in [5.74, 6) is -0.679. The molecule has 0 aliphatic heterocycles. The third-order valence-corrected chi connectivity index (χ3v) is 6.00. The second kappa shape index (κ2) is 4.60. The predicted octanol–water partition coefficient (Wildman–Crippen LogP) is 2.64. The molecule has 0 atom stereocenters. The smallest absolute Gasteiger partial charge is 0.460 e. The molecule has 4 rings (SSSR count). The Labute approximate surface area is 121 Å². The average Bonchev–Trinajstić information content (AvgIpc) is 2.32. The van der Waals surface area contributed by atoms with Gasteiger partial charge >= 0.3 is 21.4 Å². The van der Waals surface area contributed by atoms with E-state index in [2.05, 4.69) is 4.74 Å². The molecule has 0 aromatic carbocycles. The first kappa shape index (κ1) is 15.1. The van der Waals surface area contributed by atoms with Crippen LogP contribution >= 0.6 is 0 Å². The van der Waals surface area contributed by atoms with Crippen molar-refractivity contribution in [2.24, 2.45) is 23.2 Å². The van der Waals surface area contributed by atoms with E-state index in [1.807, 2.05) is 0 Å². The number of ether oxygens (including phenoxy) is 1. The van der Waals surface area contributed by atoms with Crippen LogP contribution in [-0.4, -0.2) is 26.2 Å². The first-order valence-electron chi connectivity index (χ1n) is 7.11. The van der Waals surface area contributed by atoms with E-state index in [4.69, 9.17) is 0 Å². The van der Waals surface area contributed by atoms with Crippen LogP contribution in [0.5, 0.6) is 0 Å². The first-order valence-corrected chi connectivity index (χ1v) is 8.49. The molecule has 4 bridgehead atoms. The van der Waals surface area contributed by atoms with Crippen LogP contribution in [0.15, 0.2) is 0 Å². The lowest BCUT2D eigenvalue weighted by Gasteiger charge is -2.56. The number of halogens is 3. The van der Waals surface area contributed by atoms with E-state index in [1.54, 1.807) is 0 Å². The maximum absolute atomic E-state index is 13.0. The lowest BCUT2D eigenvalue weighted by atomic mass is 9.50. The lowest BCUT2D eigenvalue weighted by molar-refractivity contribution is -0.171. The number of carbonyl (C=O) groups is 1. The Morgan fingerprint density at radius 2 is 1.52 bits per heavy atom. The Kier molecular flexibility index (Phi) is 3.31. The van der Waals surface area contributed by atoms with Gasteiger partial charge < -0.3 is 4.74 Å². The Bertz CT molecular complexity index is 522. The number of carbonyl (C=O) groups excluding carboxylic acids is 1. The van der Waals surface area contributed by atoms with Crippen molar-refractivity contribution in [2.75, 3.05) is 6.61 Å². The van der Waals surface area contributed by atoms with Gasteiger partial charge in [-0.05, 0) is 56.3 Å². The second-order valence-corrected chi connectivity index (χ2v) is 8.34. The zero-order chi connectivity index (χ0) is 15.5. The molecule has 8 heteroatoms. The molecular weight excluding hydrogens is 309 g/mol. The molecule has 0 radical (unpaired) electrons. The highest BCUT2D eigenvalue weighted by atomic mass is 32.3. The SMILES string of the molecule is O=C(OCC12CC3CC(CC(C3)C1)C2)C(F)(F)S(=O)(=O)F. The van der Waals surface area contributed by atoms with Gasteiger partial charge in [-0.3, -0.25) is 0 Å². The van der Waals surface area contributed by atoms with Gasteiger partial charge in [0.05, 0.1) is 6.61 Å². The molecule has 0 saturated heterocycles. The molecule has 0 aromatic rings. The number of hydrogen-bond acceptors (Lipinski definition) is 4. The summed E-state index contributed by atoms with van der Waals surface area (Å²) in [7, 11) is -6.29. The Hall–Kier alpha value is -0.790. The fraction of sp³-hybridized carbons (Fsp3) is 0.923. The van der Waals surface area contributed by atoms with E-state index in [0.717, 1.165) is 38.5 Å². The molecule has 0 unspecified atom stereocenters. The average molecular weight is 326 g/mol. The minimum atomic E-state index is -6.29. The van der Waals surface area contributed by atoms with Crippen molar-refractivity contribution in [3.8, 4) is 0 Å². The van der Waals surface area contributed by atoms with Crippen molar-refractivity contribution in [2.45, 2.75) is 43.8 Å².